The maximum Gasteiger partial charge on any atom is 0.257 e. The van der Waals surface area contributed by atoms with Crippen molar-refractivity contribution in [2.75, 3.05) is 19.4 Å². The maximum atomic E-state index is 13.2. The Kier molecular flexibility index (Phi) is 5.07. The molecule has 5 heteroatoms. The fourth-order valence-corrected chi connectivity index (χ4v) is 1.99. The summed E-state index contributed by atoms with van der Waals surface area (Å²) in [5.74, 6) is -0.311. The quantitative estimate of drug-likeness (QED) is 0.877. The lowest BCUT2D eigenvalue weighted by molar-refractivity contribution is 0.0724. The molecule has 0 radical (unpaired) electrons. The number of aromatic nitrogens is 1. The predicted molar refractivity (Wildman–Crippen MR) is 70.2 cm³/mol. The molecule has 0 aliphatic rings. The summed E-state index contributed by atoms with van der Waals surface area (Å²) >= 11 is 0. The largest absolute Gasteiger partial charge is 0.372 e. The van der Waals surface area contributed by atoms with E-state index in [1.165, 1.54) is 6.07 Å². The van der Waals surface area contributed by atoms with Crippen LogP contribution in [-0.4, -0.2) is 35.9 Å². The van der Waals surface area contributed by atoms with Crippen LogP contribution in [0.5, 0.6) is 0 Å². The van der Waals surface area contributed by atoms with Crippen LogP contribution in [0.25, 0.3) is 0 Å². The number of nitrogens with one attached hydrogen (secondary N) is 1. The third kappa shape index (κ3) is 2.97. The minimum Gasteiger partial charge on any atom is -0.372 e. The SMILES string of the molecule is CCC(CC)N(C)C(=O)c1cc(F)cnc1NC. The second-order valence-corrected chi connectivity index (χ2v) is 4.19. The summed E-state index contributed by atoms with van der Waals surface area (Å²) in [4.78, 5) is 17.8. The zero-order chi connectivity index (χ0) is 13.7. The van der Waals surface area contributed by atoms with Crippen LogP contribution in [-0.2, 0) is 0 Å². The molecule has 0 aliphatic heterocycles. The highest BCUT2D eigenvalue weighted by Crippen LogP contribution is 2.18. The van der Waals surface area contributed by atoms with Gasteiger partial charge in [0.1, 0.15) is 11.6 Å². The zero-order valence-electron chi connectivity index (χ0n) is 11.3. The first-order valence-corrected chi connectivity index (χ1v) is 6.15. The summed E-state index contributed by atoms with van der Waals surface area (Å²) in [6, 6.07) is 1.38. The van der Waals surface area contributed by atoms with Crippen molar-refractivity contribution >= 4 is 11.7 Å². The maximum absolute atomic E-state index is 13.2. The molecule has 1 heterocycles. The molecule has 0 bridgehead atoms. The van der Waals surface area contributed by atoms with E-state index in [-0.39, 0.29) is 17.5 Å². The van der Waals surface area contributed by atoms with Crippen LogP contribution in [0.15, 0.2) is 12.3 Å². The molecule has 0 aromatic carbocycles. The highest BCUT2D eigenvalue weighted by atomic mass is 19.1. The Morgan fingerprint density at radius 3 is 2.61 bits per heavy atom. The van der Waals surface area contributed by atoms with Crippen LogP contribution in [0, 0.1) is 5.82 Å². The number of hydrogen-bond donors (Lipinski definition) is 1. The lowest BCUT2D eigenvalue weighted by atomic mass is 10.1. The van der Waals surface area contributed by atoms with Crippen LogP contribution >= 0.6 is 0 Å². The Balaban J connectivity index is 3.05. The third-order valence-corrected chi connectivity index (χ3v) is 3.13. The fourth-order valence-electron chi connectivity index (χ4n) is 1.99. The van der Waals surface area contributed by atoms with E-state index >= 15 is 0 Å². The van der Waals surface area contributed by atoms with Gasteiger partial charge >= 0.3 is 0 Å². The molecular weight excluding hydrogens is 233 g/mol. The molecule has 0 saturated heterocycles. The van der Waals surface area contributed by atoms with Gasteiger partial charge in [0.25, 0.3) is 5.91 Å². The van der Waals surface area contributed by atoms with Crippen LogP contribution in [0.3, 0.4) is 0 Å². The van der Waals surface area contributed by atoms with Crippen molar-refractivity contribution in [3.05, 3.63) is 23.6 Å². The minimum absolute atomic E-state index is 0.158. The zero-order valence-corrected chi connectivity index (χ0v) is 11.3. The first-order valence-electron chi connectivity index (χ1n) is 6.15. The third-order valence-electron chi connectivity index (χ3n) is 3.13. The Morgan fingerprint density at radius 1 is 1.50 bits per heavy atom. The standard InChI is InChI=1S/C13H20FN3O/c1-5-10(6-2)17(4)13(18)11-7-9(14)8-16-12(11)15-3/h7-8,10H,5-6H2,1-4H3,(H,15,16). The Bertz CT molecular complexity index is 419. The monoisotopic (exact) mass is 253 g/mol. The van der Waals surface area contributed by atoms with Gasteiger partial charge in [-0.2, -0.15) is 0 Å². The smallest absolute Gasteiger partial charge is 0.257 e. The second kappa shape index (κ2) is 6.33. The van der Waals surface area contributed by atoms with Gasteiger partial charge in [0.2, 0.25) is 0 Å². The lowest BCUT2D eigenvalue weighted by Gasteiger charge is -2.26. The van der Waals surface area contributed by atoms with Crippen LogP contribution in [0.2, 0.25) is 0 Å². The van der Waals surface area contributed by atoms with Gasteiger partial charge in [0, 0.05) is 20.1 Å². The molecule has 0 aliphatic carbocycles. The number of halogens is 1. The van der Waals surface area contributed by atoms with Gasteiger partial charge in [-0.1, -0.05) is 13.8 Å². The van der Waals surface area contributed by atoms with Crippen molar-refractivity contribution in [2.45, 2.75) is 32.7 Å². The molecule has 0 atom stereocenters. The summed E-state index contributed by atoms with van der Waals surface area (Å²) in [6.45, 7) is 4.06. The number of hydrogen-bond acceptors (Lipinski definition) is 3. The Labute approximate surface area is 107 Å². The van der Waals surface area contributed by atoms with Crippen molar-refractivity contribution in [2.24, 2.45) is 0 Å². The number of carbonyl (C=O) groups excluding carboxylic acids is 1. The average Bonchev–Trinajstić information content (AvgIpc) is 2.39. The van der Waals surface area contributed by atoms with Crippen molar-refractivity contribution in [1.29, 1.82) is 0 Å². The summed E-state index contributed by atoms with van der Waals surface area (Å²) in [7, 11) is 3.40. The molecule has 1 aromatic rings. The van der Waals surface area contributed by atoms with Crippen LogP contribution < -0.4 is 5.32 Å². The Morgan fingerprint density at radius 2 is 2.11 bits per heavy atom. The van der Waals surface area contributed by atoms with Gasteiger partial charge < -0.3 is 10.2 Å². The fraction of sp³-hybridized carbons (Fsp3) is 0.538. The summed E-state index contributed by atoms with van der Waals surface area (Å²) in [6.07, 6.45) is 2.84. The highest BCUT2D eigenvalue weighted by Gasteiger charge is 2.21. The predicted octanol–water partition coefficient (Wildman–Crippen LogP) is 2.52. The molecule has 1 amide bonds. The molecular formula is C13H20FN3O. The van der Waals surface area contributed by atoms with Crippen LogP contribution in [0.4, 0.5) is 10.2 Å². The summed E-state index contributed by atoms with van der Waals surface area (Å²) < 4.78 is 13.2. The number of rotatable bonds is 5. The molecule has 1 rings (SSSR count). The molecule has 0 saturated carbocycles. The van der Waals surface area contributed by atoms with Crippen molar-refractivity contribution in [1.82, 2.24) is 9.88 Å². The van der Waals surface area contributed by atoms with Crippen molar-refractivity contribution < 1.29 is 9.18 Å². The molecule has 1 aromatic heterocycles. The summed E-state index contributed by atoms with van der Waals surface area (Å²) in [5.41, 5.74) is 0.270. The Hall–Kier alpha value is -1.65. The number of amides is 1. The number of carbonyl (C=O) groups is 1. The summed E-state index contributed by atoms with van der Waals surface area (Å²) in [5, 5.41) is 2.81. The number of pyridine rings is 1. The van der Waals surface area contributed by atoms with E-state index in [2.05, 4.69) is 10.3 Å². The first-order chi connectivity index (χ1) is 8.54. The van der Waals surface area contributed by atoms with E-state index in [1.54, 1.807) is 19.0 Å². The van der Waals surface area contributed by atoms with Gasteiger partial charge in [-0.3, -0.25) is 4.79 Å². The average molecular weight is 253 g/mol. The van der Waals surface area contributed by atoms with Gasteiger partial charge in [-0.15, -0.1) is 0 Å². The van der Waals surface area contributed by atoms with Crippen molar-refractivity contribution in [3.8, 4) is 0 Å². The van der Waals surface area contributed by atoms with E-state index in [1.807, 2.05) is 13.8 Å². The number of anilines is 1. The lowest BCUT2D eigenvalue weighted by Crippen LogP contribution is -2.36. The highest BCUT2D eigenvalue weighted by molar-refractivity contribution is 5.98. The molecule has 1 N–H and O–H groups in total. The molecule has 0 spiro atoms. The van der Waals surface area contributed by atoms with Gasteiger partial charge in [-0.05, 0) is 18.9 Å². The van der Waals surface area contributed by atoms with Crippen LogP contribution in [0.1, 0.15) is 37.0 Å². The molecule has 4 nitrogen and oxygen atoms in total. The van der Waals surface area contributed by atoms with Gasteiger partial charge in [0.15, 0.2) is 0 Å². The van der Waals surface area contributed by atoms with E-state index in [0.717, 1.165) is 19.0 Å². The van der Waals surface area contributed by atoms with Gasteiger partial charge in [-0.25, -0.2) is 9.37 Å². The van der Waals surface area contributed by atoms with Crippen molar-refractivity contribution in [3.63, 3.8) is 0 Å². The van der Waals surface area contributed by atoms with E-state index in [4.69, 9.17) is 0 Å². The minimum atomic E-state index is -0.504. The second-order valence-electron chi connectivity index (χ2n) is 4.19. The number of nitrogens with zero attached hydrogens (tertiary/aromatic N) is 2. The van der Waals surface area contributed by atoms with Gasteiger partial charge in [0.05, 0.1) is 11.8 Å². The molecule has 0 unspecified atom stereocenters. The molecule has 100 valence electrons. The first kappa shape index (κ1) is 14.4. The van der Waals surface area contributed by atoms with E-state index in [0.29, 0.717) is 5.82 Å². The molecule has 18 heavy (non-hydrogen) atoms. The normalized spacial score (nSPS) is 10.6. The van der Waals surface area contributed by atoms with E-state index < -0.39 is 5.82 Å². The topological polar surface area (TPSA) is 45.2 Å². The van der Waals surface area contributed by atoms with E-state index in [9.17, 15) is 9.18 Å². The molecule has 0 fully saturated rings.